The van der Waals surface area contributed by atoms with E-state index in [1.165, 1.54) is 32.2 Å². The fourth-order valence-corrected chi connectivity index (χ4v) is 4.22. The van der Waals surface area contributed by atoms with Crippen molar-refractivity contribution in [3.8, 4) is 0 Å². The number of rotatable bonds is 5. The van der Waals surface area contributed by atoms with Crippen LogP contribution in [0.5, 0.6) is 0 Å². The predicted octanol–water partition coefficient (Wildman–Crippen LogP) is 2.35. The highest BCUT2D eigenvalue weighted by molar-refractivity contribution is 5.74. The van der Waals surface area contributed by atoms with E-state index in [0.717, 1.165) is 36.7 Å². The number of hydrogen-bond donors (Lipinski definition) is 2. The molecule has 1 saturated carbocycles. The van der Waals surface area contributed by atoms with E-state index >= 15 is 0 Å². The first kappa shape index (κ1) is 17.3. The van der Waals surface area contributed by atoms with Crippen molar-refractivity contribution < 1.29 is 4.79 Å². The first-order valence-corrected chi connectivity index (χ1v) is 9.31. The summed E-state index contributed by atoms with van der Waals surface area (Å²) in [5, 5.41) is 10.5. The van der Waals surface area contributed by atoms with Gasteiger partial charge in [-0.2, -0.15) is 5.10 Å². The Hall–Kier alpha value is -1.56. The highest BCUT2D eigenvalue weighted by atomic mass is 16.2. The Morgan fingerprint density at radius 2 is 2.12 bits per heavy atom. The number of likely N-dealkylation sites (tertiary alicyclic amines) is 1. The molecule has 24 heavy (non-hydrogen) atoms. The van der Waals surface area contributed by atoms with Gasteiger partial charge in [-0.3, -0.25) is 4.68 Å². The van der Waals surface area contributed by atoms with Gasteiger partial charge >= 0.3 is 6.03 Å². The van der Waals surface area contributed by atoms with E-state index in [0.29, 0.717) is 0 Å². The summed E-state index contributed by atoms with van der Waals surface area (Å²) in [5.74, 6) is 0.881. The number of nitrogens with zero attached hydrogens (tertiary/aromatic N) is 3. The summed E-state index contributed by atoms with van der Waals surface area (Å²) in [6.45, 7) is 7.29. The van der Waals surface area contributed by atoms with Crippen LogP contribution in [0.4, 0.5) is 4.79 Å². The first-order valence-electron chi connectivity index (χ1n) is 9.31. The molecule has 1 aliphatic heterocycles. The van der Waals surface area contributed by atoms with E-state index in [4.69, 9.17) is 0 Å². The molecule has 1 aromatic rings. The summed E-state index contributed by atoms with van der Waals surface area (Å²) in [6, 6.07) is 0.168. The fraction of sp³-hybridized carbons (Fsp3) is 0.778. The van der Waals surface area contributed by atoms with Gasteiger partial charge in [0.2, 0.25) is 0 Å². The second-order valence-corrected chi connectivity index (χ2v) is 7.58. The van der Waals surface area contributed by atoms with Crippen molar-refractivity contribution in [2.75, 3.05) is 19.6 Å². The van der Waals surface area contributed by atoms with Crippen molar-refractivity contribution in [1.29, 1.82) is 0 Å². The average molecular weight is 333 g/mol. The third kappa shape index (κ3) is 4.29. The van der Waals surface area contributed by atoms with Crippen LogP contribution in [0.1, 0.15) is 56.3 Å². The lowest BCUT2D eigenvalue weighted by molar-refractivity contribution is 0.231. The van der Waals surface area contributed by atoms with E-state index in [-0.39, 0.29) is 18.1 Å². The second-order valence-electron chi connectivity index (χ2n) is 7.58. The molecule has 6 heteroatoms. The SMILES string of the molecule is Cc1nn(C)cc1[C@@H](C)NC(=O)N[C@H]1CCN(CC2CCCC2)C1. The van der Waals surface area contributed by atoms with E-state index in [1.54, 1.807) is 4.68 Å². The molecule has 2 aliphatic rings. The van der Waals surface area contributed by atoms with Crippen LogP contribution in [0.25, 0.3) is 0 Å². The van der Waals surface area contributed by atoms with Gasteiger partial charge in [-0.1, -0.05) is 12.8 Å². The largest absolute Gasteiger partial charge is 0.334 e. The number of aromatic nitrogens is 2. The van der Waals surface area contributed by atoms with Crippen LogP contribution in [0, 0.1) is 12.8 Å². The number of carbonyl (C=O) groups is 1. The summed E-state index contributed by atoms with van der Waals surface area (Å²) >= 11 is 0. The summed E-state index contributed by atoms with van der Waals surface area (Å²) in [6.07, 6.45) is 8.59. The summed E-state index contributed by atoms with van der Waals surface area (Å²) in [4.78, 5) is 14.8. The fourth-order valence-electron chi connectivity index (χ4n) is 4.22. The number of urea groups is 1. The average Bonchev–Trinajstić information content (AvgIpc) is 3.22. The van der Waals surface area contributed by atoms with Gasteiger partial charge in [-0.15, -0.1) is 0 Å². The zero-order valence-electron chi connectivity index (χ0n) is 15.2. The van der Waals surface area contributed by atoms with Crippen LogP contribution >= 0.6 is 0 Å². The molecular weight excluding hydrogens is 302 g/mol. The molecule has 0 bridgehead atoms. The molecule has 0 spiro atoms. The third-order valence-corrected chi connectivity index (χ3v) is 5.46. The zero-order chi connectivity index (χ0) is 17.1. The molecule has 1 aromatic heterocycles. The van der Waals surface area contributed by atoms with E-state index < -0.39 is 0 Å². The molecule has 6 nitrogen and oxygen atoms in total. The van der Waals surface area contributed by atoms with E-state index in [2.05, 4.69) is 20.6 Å². The molecule has 2 atom stereocenters. The van der Waals surface area contributed by atoms with E-state index in [9.17, 15) is 4.79 Å². The molecule has 3 rings (SSSR count). The first-order chi connectivity index (χ1) is 11.5. The monoisotopic (exact) mass is 333 g/mol. The van der Waals surface area contributed by atoms with Crippen molar-refractivity contribution in [2.24, 2.45) is 13.0 Å². The Balaban J connectivity index is 1.42. The van der Waals surface area contributed by atoms with Crippen molar-refractivity contribution in [3.05, 3.63) is 17.5 Å². The van der Waals surface area contributed by atoms with Crippen LogP contribution in [0.2, 0.25) is 0 Å². The number of nitrogens with one attached hydrogen (secondary N) is 2. The van der Waals surface area contributed by atoms with Crippen molar-refractivity contribution >= 4 is 6.03 Å². The van der Waals surface area contributed by atoms with Gasteiger partial charge in [0.1, 0.15) is 0 Å². The lowest BCUT2D eigenvalue weighted by Crippen LogP contribution is -2.44. The molecule has 134 valence electrons. The standard InChI is InChI=1S/C18H31N5O/c1-13(17-12-22(3)21-14(17)2)19-18(24)20-16-8-9-23(11-16)10-15-6-4-5-7-15/h12-13,15-16H,4-11H2,1-3H3,(H2,19,20,24)/t13-,16+/m1/s1. The molecule has 2 N–H and O–H groups in total. The van der Waals surface area contributed by atoms with Crippen LogP contribution < -0.4 is 10.6 Å². The van der Waals surface area contributed by atoms with Crippen molar-refractivity contribution in [3.63, 3.8) is 0 Å². The van der Waals surface area contributed by atoms with Gasteiger partial charge < -0.3 is 15.5 Å². The Labute approximate surface area is 145 Å². The maximum Gasteiger partial charge on any atom is 0.315 e. The molecule has 1 saturated heterocycles. The summed E-state index contributed by atoms with van der Waals surface area (Å²) in [5.41, 5.74) is 2.04. The molecule has 2 heterocycles. The third-order valence-electron chi connectivity index (χ3n) is 5.46. The Morgan fingerprint density at radius 1 is 1.38 bits per heavy atom. The van der Waals surface area contributed by atoms with Gasteiger partial charge in [0.15, 0.2) is 0 Å². The highest BCUT2D eigenvalue weighted by Gasteiger charge is 2.27. The van der Waals surface area contributed by atoms with Crippen LogP contribution in [0.15, 0.2) is 6.20 Å². The van der Waals surface area contributed by atoms with Gasteiger partial charge in [-0.05, 0) is 39.0 Å². The van der Waals surface area contributed by atoms with Crippen molar-refractivity contribution in [1.82, 2.24) is 25.3 Å². The zero-order valence-corrected chi connectivity index (χ0v) is 15.2. The van der Waals surface area contributed by atoms with Gasteiger partial charge in [-0.25, -0.2) is 4.79 Å². The van der Waals surface area contributed by atoms with Gasteiger partial charge in [0, 0.05) is 44.5 Å². The Kier molecular flexibility index (Phi) is 5.43. The van der Waals surface area contributed by atoms with Crippen molar-refractivity contribution in [2.45, 2.75) is 58.0 Å². The number of carbonyl (C=O) groups excluding carboxylic acids is 1. The lowest BCUT2D eigenvalue weighted by Gasteiger charge is -2.21. The second kappa shape index (κ2) is 7.55. The Bertz CT molecular complexity index is 564. The molecule has 2 fully saturated rings. The molecule has 0 unspecified atom stereocenters. The summed E-state index contributed by atoms with van der Waals surface area (Å²) < 4.78 is 1.79. The molecule has 0 radical (unpaired) electrons. The van der Waals surface area contributed by atoms with Crippen LogP contribution in [-0.2, 0) is 7.05 Å². The lowest BCUT2D eigenvalue weighted by atomic mass is 10.1. The topological polar surface area (TPSA) is 62.2 Å². The maximum absolute atomic E-state index is 12.3. The van der Waals surface area contributed by atoms with Gasteiger partial charge in [0.25, 0.3) is 0 Å². The molecule has 2 amide bonds. The van der Waals surface area contributed by atoms with E-state index in [1.807, 2.05) is 27.1 Å². The predicted molar refractivity (Wildman–Crippen MR) is 94.8 cm³/mol. The Morgan fingerprint density at radius 3 is 2.79 bits per heavy atom. The smallest absolute Gasteiger partial charge is 0.315 e. The highest BCUT2D eigenvalue weighted by Crippen LogP contribution is 2.26. The molecular formula is C18H31N5O. The minimum atomic E-state index is -0.0709. The summed E-state index contributed by atoms with van der Waals surface area (Å²) in [7, 11) is 1.90. The quantitative estimate of drug-likeness (QED) is 0.869. The minimum Gasteiger partial charge on any atom is -0.334 e. The number of amides is 2. The van der Waals surface area contributed by atoms with Crippen LogP contribution in [0.3, 0.4) is 0 Å². The maximum atomic E-state index is 12.3. The van der Waals surface area contributed by atoms with Gasteiger partial charge in [0.05, 0.1) is 11.7 Å². The molecule has 1 aliphatic carbocycles. The number of aryl methyl sites for hydroxylation is 2. The van der Waals surface area contributed by atoms with Crippen LogP contribution in [-0.4, -0.2) is 46.4 Å². The minimum absolute atomic E-state index is 0.0327. The molecule has 0 aromatic carbocycles. The normalized spacial score (nSPS) is 23.5. The number of hydrogen-bond acceptors (Lipinski definition) is 3.